The number of epoxide rings is 2. The maximum atomic E-state index is 10.6. The van der Waals surface area contributed by atoms with Crippen molar-refractivity contribution in [3.8, 4) is 0 Å². The highest BCUT2D eigenvalue weighted by Gasteiger charge is 2.70. The van der Waals surface area contributed by atoms with Gasteiger partial charge in [-0.25, -0.2) is 4.79 Å². The SMILES string of the molecule is O=C(O)C(O)([C@H]1O[C@@H]1O)[C@H]1O[C@@H]1O. The fourth-order valence-corrected chi connectivity index (χ4v) is 1.26. The van der Waals surface area contributed by atoms with Crippen molar-refractivity contribution in [2.24, 2.45) is 0 Å². The van der Waals surface area contributed by atoms with E-state index < -0.39 is 36.4 Å². The zero-order valence-electron chi connectivity index (χ0n) is 6.32. The summed E-state index contributed by atoms with van der Waals surface area (Å²) in [6.07, 6.45) is -5.07. The van der Waals surface area contributed by atoms with Crippen LogP contribution in [0.1, 0.15) is 0 Å². The van der Waals surface area contributed by atoms with E-state index in [2.05, 4.69) is 9.47 Å². The largest absolute Gasteiger partial charge is 0.479 e. The normalized spacial score (nSPS) is 43.0. The molecule has 2 aliphatic rings. The maximum absolute atomic E-state index is 10.6. The van der Waals surface area contributed by atoms with Crippen molar-refractivity contribution >= 4 is 5.97 Å². The number of aliphatic carboxylic acids is 1. The molecule has 0 aromatic carbocycles. The van der Waals surface area contributed by atoms with Gasteiger partial charge in [0.15, 0.2) is 24.8 Å². The molecule has 0 amide bonds. The molecule has 13 heavy (non-hydrogen) atoms. The molecular formula is C6H8O7. The van der Waals surface area contributed by atoms with E-state index in [0.29, 0.717) is 0 Å². The first-order chi connectivity index (χ1) is 5.98. The van der Waals surface area contributed by atoms with Crippen LogP contribution in [0.3, 0.4) is 0 Å². The molecule has 0 spiro atoms. The lowest BCUT2D eigenvalue weighted by molar-refractivity contribution is -0.163. The van der Waals surface area contributed by atoms with Crippen LogP contribution >= 0.6 is 0 Å². The topological polar surface area (TPSA) is 123 Å². The van der Waals surface area contributed by atoms with E-state index in [9.17, 15) is 9.90 Å². The first kappa shape index (κ1) is 8.85. The summed E-state index contributed by atoms with van der Waals surface area (Å²) in [6, 6.07) is 0. The maximum Gasteiger partial charge on any atom is 0.341 e. The molecule has 0 saturated carbocycles. The third kappa shape index (κ3) is 1.13. The summed E-state index contributed by atoms with van der Waals surface area (Å²) in [5.41, 5.74) is -2.36. The van der Waals surface area contributed by atoms with Gasteiger partial charge in [-0.3, -0.25) is 0 Å². The molecule has 7 nitrogen and oxygen atoms in total. The number of hydrogen-bond acceptors (Lipinski definition) is 6. The summed E-state index contributed by atoms with van der Waals surface area (Å²) >= 11 is 0. The molecule has 0 aromatic rings. The molecular weight excluding hydrogens is 184 g/mol. The van der Waals surface area contributed by atoms with Crippen LogP contribution in [0.15, 0.2) is 0 Å². The smallest absolute Gasteiger partial charge is 0.341 e. The minimum Gasteiger partial charge on any atom is -0.479 e. The van der Waals surface area contributed by atoms with Gasteiger partial charge in [0, 0.05) is 0 Å². The van der Waals surface area contributed by atoms with Gasteiger partial charge in [0.05, 0.1) is 0 Å². The van der Waals surface area contributed by atoms with E-state index in [1.807, 2.05) is 0 Å². The standard InChI is InChI=1S/C6H8O7/c7-3-1(12-3)6(11,5(9)10)2-4(8)13-2/h1-4,7-8,11H,(H,9,10)/t1-,2-,3-,4-/m0/s1. The molecule has 2 rings (SSSR count). The van der Waals surface area contributed by atoms with E-state index in [4.69, 9.17) is 15.3 Å². The summed E-state index contributed by atoms with van der Waals surface area (Å²) in [5, 5.41) is 35.8. The fourth-order valence-electron chi connectivity index (χ4n) is 1.26. The Morgan fingerprint density at radius 2 is 1.46 bits per heavy atom. The number of carbonyl (C=O) groups is 1. The zero-order valence-corrected chi connectivity index (χ0v) is 6.32. The summed E-state index contributed by atoms with van der Waals surface area (Å²) < 4.78 is 8.85. The molecule has 4 N–H and O–H groups in total. The van der Waals surface area contributed by atoms with Crippen molar-refractivity contribution < 1.29 is 34.7 Å². The Balaban J connectivity index is 2.16. The molecule has 2 fully saturated rings. The van der Waals surface area contributed by atoms with Crippen LogP contribution < -0.4 is 0 Å². The molecule has 7 heteroatoms. The van der Waals surface area contributed by atoms with E-state index in [1.54, 1.807) is 0 Å². The van der Waals surface area contributed by atoms with Crippen molar-refractivity contribution in [2.45, 2.75) is 30.4 Å². The monoisotopic (exact) mass is 192 g/mol. The number of hydrogen-bond donors (Lipinski definition) is 4. The number of carboxylic acid groups (broad SMARTS) is 1. The molecule has 0 aromatic heterocycles. The number of aliphatic hydroxyl groups is 3. The average Bonchev–Trinajstić information content (AvgIpc) is 2.89. The Hall–Kier alpha value is -0.730. The van der Waals surface area contributed by atoms with Crippen LogP contribution in [0.2, 0.25) is 0 Å². The predicted octanol–water partition coefficient (Wildman–Crippen LogP) is -2.76. The average molecular weight is 192 g/mol. The van der Waals surface area contributed by atoms with E-state index in [0.717, 1.165) is 0 Å². The number of ether oxygens (including phenoxy) is 2. The lowest BCUT2D eigenvalue weighted by atomic mass is 9.95. The molecule has 0 unspecified atom stereocenters. The summed E-state index contributed by atoms with van der Waals surface area (Å²) in [4.78, 5) is 10.6. The van der Waals surface area contributed by atoms with Crippen molar-refractivity contribution in [2.75, 3.05) is 0 Å². The van der Waals surface area contributed by atoms with Crippen LogP contribution in [0, 0.1) is 0 Å². The lowest BCUT2D eigenvalue weighted by Crippen LogP contribution is -2.51. The molecule has 74 valence electrons. The quantitative estimate of drug-likeness (QED) is 0.357. The first-order valence-corrected chi connectivity index (χ1v) is 3.60. The highest BCUT2D eigenvalue weighted by Crippen LogP contribution is 2.41. The molecule has 0 bridgehead atoms. The van der Waals surface area contributed by atoms with Crippen molar-refractivity contribution in [1.82, 2.24) is 0 Å². The van der Waals surface area contributed by atoms with Crippen LogP contribution in [0.5, 0.6) is 0 Å². The molecule has 0 aliphatic carbocycles. The zero-order chi connectivity index (χ0) is 9.80. The van der Waals surface area contributed by atoms with Gasteiger partial charge < -0.3 is 29.9 Å². The second-order valence-corrected chi connectivity index (χ2v) is 3.02. The minimum absolute atomic E-state index is 1.23. The van der Waals surface area contributed by atoms with Gasteiger partial charge in [0.2, 0.25) is 5.60 Å². The third-order valence-corrected chi connectivity index (χ3v) is 2.15. The third-order valence-electron chi connectivity index (χ3n) is 2.15. The Kier molecular flexibility index (Phi) is 1.63. The lowest BCUT2D eigenvalue weighted by Gasteiger charge is -2.17. The Morgan fingerprint density at radius 1 is 1.15 bits per heavy atom. The highest BCUT2D eigenvalue weighted by molar-refractivity contribution is 5.80. The van der Waals surface area contributed by atoms with Crippen LogP contribution in [-0.4, -0.2) is 56.8 Å². The number of rotatable bonds is 3. The van der Waals surface area contributed by atoms with Gasteiger partial charge in [0.1, 0.15) is 0 Å². The van der Waals surface area contributed by atoms with Crippen LogP contribution in [0.25, 0.3) is 0 Å². The molecule has 2 saturated heterocycles. The summed E-state index contributed by atoms with van der Waals surface area (Å²) in [7, 11) is 0. The molecule has 0 radical (unpaired) electrons. The second-order valence-electron chi connectivity index (χ2n) is 3.02. The van der Waals surface area contributed by atoms with Crippen molar-refractivity contribution in [3.05, 3.63) is 0 Å². The van der Waals surface area contributed by atoms with Crippen LogP contribution in [-0.2, 0) is 14.3 Å². The van der Waals surface area contributed by atoms with Gasteiger partial charge in [-0.1, -0.05) is 0 Å². The predicted molar refractivity (Wildman–Crippen MR) is 34.3 cm³/mol. The van der Waals surface area contributed by atoms with Crippen molar-refractivity contribution in [3.63, 3.8) is 0 Å². The van der Waals surface area contributed by atoms with Gasteiger partial charge in [-0.15, -0.1) is 0 Å². The minimum atomic E-state index is -2.36. The Morgan fingerprint density at radius 3 is 1.62 bits per heavy atom. The van der Waals surface area contributed by atoms with Gasteiger partial charge in [-0.2, -0.15) is 0 Å². The first-order valence-electron chi connectivity index (χ1n) is 3.60. The van der Waals surface area contributed by atoms with Crippen LogP contribution in [0.4, 0.5) is 0 Å². The number of carboxylic acids is 1. The van der Waals surface area contributed by atoms with Gasteiger partial charge in [0.25, 0.3) is 0 Å². The highest BCUT2D eigenvalue weighted by atomic mass is 16.7. The molecule has 2 aliphatic heterocycles. The summed E-state index contributed by atoms with van der Waals surface area (Å²) in [6.45, 7) is 0. The van der Waals surface area contributed by atoms with E-state index in [1.165, 1.54) is 0 Å². The summed E-state index contributed by atoms with van der Waals surface area (Å²) in [5.74, 6) is -1.59. The van der Waals surface area contributed by atoms with Gasteiger partial charge >= 0.3 is 5.97 Å². The Bertz CT molecular complexity index is 235. The molecule has 4 atom stereocenters. The molecule has 2 heterocycles. The Labute approximate surface area is 72.1 Å². The van der Waals surface area contributed by atoms with E-state index >= 15 is 0 Å². The fraction of sp³-hybridized carbons (Fsp3) is 0.833. The number of aliphatic hydroxyl groups excluding tert-OH is 2. The second kappa shape index (κ2) is 2.40. The van der Waals surface area contributed by atoms with E-state index in [-0.39, 0.29) is 0 Å². The van der Waals surface area contributed by atoms with Gasteiger partial charge in [-0.05, 0) is 0 Å². The van der Waals surface area contributed by atoms with Crippen molar-refractivity contribution in [1.29, 1.82) is 0 Å².